The van der Waals surface area contributed by atoms with Crippen molar-refractivity contribution < 1.29 is 14.6 Å². The van der Waals surface area contributed by atoms with Crippen molar-refractivity contribution in [1.82, 2.24) is 5.32 Å². The molecule has 0 aliphatic carbocycles. The molecule has 0 fully saturated rings. The lowest BCUT2D eigenvalue weighted by atomic mass is 10.1. The van der Waals surface area contributed by atoms with Crippen LogP contribution in [-0.4, -0.2) is 30.8 Å². The van der Waals surface area contributed by atoms with Crippen LogP contribution in [0.25, 0.3) is 0 Å². The van der Waals surface area contributed by atoms with Crippen LogP contribution in [0.4, 0.5) is 0 Å². The lowest BCUT2D eigenvalue weighted by molar-refractivity contribution is -0.140. The molecule has 0 radical (unpaired) electrons. The number of aliphatic carboxylic acids is 1. The normalized spacial score (nSPS) is 12.1. The quantitative estimate of drug-likeness (QED) is 0.763. The third-order valence-electron chi connectivity index (χ3n) is 2.41. The van der Waals surface area contributed by atoms with Crippen LogP contribution in [0, 0.1) is 0 Å². The second-order valence-corrected chi connectivity index (χ2v) is 3.45. The lowest BCUT2D eigenvalue weighted by Gasteiger charge is -2.14. The van der Waals surface area contributed by atoms with Crippen LogP contribution >= 0.6 is 0 Å². The number of likely N-dealkylation sites (N-methyl/N-ethyl adjacent to an activating group) is 1. The number of carboxylic acids is 1. The van der Waals surface area contributed by atoms with Crippen molar-refractivity contribution in [1.29, 1.82) is 0 Å². The van der Waals surface area contributed by atoms with Crippen molar-refractivity contribution in [2.24, 2.45) is 0 Å². The molecule has 88 valence electrons. The van der Waals surface area contributed by atoms with E-state index in [1.54, 1.807) is 7.05 Å². The zero-order valence-corrected chi connectivity index (χ0v) is 9.56. The Morgan fingerprint density at radius 2 is 2.19 bits per heavy atom. The van der Waals surface area contributed by atoms with Gasteiger partial charge in [0, 0.05) is 0 Å². The lowest BCUT2D eigenvalue weighted by Crippen LogP contribution is -2.39. The molecule has 0 amide bonds. The van der Waals surface area contributed by atoms with Gasteiger partial charge in [-0.15, -0.1) is 0 Å². The van der Waals surface area contributed by atoms with Gasteiger partial charge in [0.25, 0.3) is 0 Å². The molecule has 16 heavy (non-hydrogen) atoms. The molecule has 0 aliphatic rings. The highest BCUT2D eigenvalue weighted by Gasteiger charge is 2.15. The van der Waals surface area contributed by atoms with Gasteiger partial charge in [-0.1, -0.05) is 25.1 Å². The maximum absolute atomic E-state index is 10.8. The molecule has 1 unspecified atom stereocenters. The van der Waals surface area contributed by atoms with Crippen LogP contribution in [0.15, 0.2) is 24.3 Å². The monoisotopic (exact) mass is 223 g/mol. The molecule has 0 spiro atoms. The average Bonchev–Trinajstić information content (AvgIpc) is 2.30. The predicted octanol–water partition coefficient (Wildman–Crippen LogP) is 1.30. The summed E-state index contributed by atoms with van der Waals surface area (Å²) in [5.41, 5.74) is 1.09. The van der Waals surface area contributed by atoms with Gasteiger partial charge in [0.15, 0.2) is 0 Å². The van der Waals surface area contributed by atoms with Gasteiger partial charge >= 0.3 is 5.97 Å². The number of hydrogen-bond donors (Lipinski definition) is 2. The summed E-state index contributed by atoms with van der Waals surface area (Å²) in [6, 6.07) is 6.98. The van der Waals surface area contributed by atoms with Gasteiger partial charge in [-0.2, -0.15) is 0 Å². The van der Waals surface area contributed by atoms with E-state index in [4.69, 9.17) is 9.84 Å². The van der Waals surface area contributed by atoms with Crippen molar-refractivity contribution in [2.75, 3.05) is 13.7 Å². The summed E-state index contributed by atoms with van der Waals surface area (Å²) >= 11 is 0. The number of benzene rings is 1. The Morgan fingerprint density at radius 1 is 1.50 bits per heavy atom. The average molecular weight is 223 g/mol. The number of para-hydroxylation sites is 1. The standard InChI is InChI=1S/C12H17NO3/c1-3-9-6-4-5-7-11(9)16-8-10(13-2)12(14)15/h4-7,10,13H,3,8H2,1-2H3,(H,14,15). The van der Waals surface area contributed by atoms with Gasteiger partial charge in [0.05, 0.1) is 0 Å². The summed E-state index contributed by atoms with van der Waals surface area (Å²) in [5.74, 6) is -0.150. The third kappa shape index (κ3) is 3.24. The number of carboxylic acid groups (broad SMARTS) is 1. The van der Waals surface area contributed by atoms with Gasteiger partial charge in [-0.25, -0.2) is 0 Å². The Balaban J connectivity index is 2.63. The highest BCUT2D eigenvalue weighted by Crippen LogP contribution is 2.18. The summed E-state index contributed by atoms with van der Waals surface area (Å²) in [7, 11) is 1.61. The fourth-order valence-corrected chi connectivity index (χ4v) is 1.39. The highest BCUT2D eigenvalue weighted by molar-refractivity contribution is 5.73. The van der Waals surface area contributed by atoms with Crippen LogP contribution in [0.1, 0.15) is 12.5 Å². The summed E-state index contributed by atoms with van der Waals surface area (Å²) in [6.45, 7) is 2.16. The Kier molecular flexibility index (Phi) is 4.79. The van der Waals surface area contributed by atoms with E-state index in [-0.39, 0.29) is 6.61 Å². The molecule has 0 saturated heterocycles. The molecule has 1 aromatic rings. The SMILES string of the molecule is CCc1ccccc1OCC(NC)C(=O)O. The number of rotatable bonds is 6. The van der Waals surface area contributed by atoms with Gasteiger partial charge < -0.3 is 15.2 Å². The molecule has 1 atom stereocenters. The number of aryl methyl sites for hydroxylation is 1. The summed E-state index contributed by atoms with van der Waals surface area (Å²) in [6.07, 6.45) is 0.869. The van der Waals surface area contributed by atoms with Crippen molar-refractivity contribution in [3.8, 4) is 5.75 Å². The second kappa shape index (κ2) is 6.12. The van der Waals surface area contributed by atoms with Crippen LogP contribution in [0.2, 0.25) is 0 Å². The predicted molar refractivity (Wildman–Crippen MR) is 61.8 cm³/mol. The first-order valence-corrected chi connectivity index (χ1v) is 5.29. The molecule has 1 aromatic carbocycles. The van der Waals surface area contributed by atoms with E-state index in [1.807, 2.05) is 31.2 Å². The molecule has 4 heteroatoms. The van der Waals surface area contributed by atoms with Gasteiger partial charge in [-0.05, 0) is 25.1 Å². The fraction of sp³-hybridized carbons (Fsp3) is 0.417. The molecular formula is C12H17NO3. The van der Waals surface area contributed by atoms with Gasteiger partial charge in [0.2, 0.25) is 0 Å². The van der Waals surface area contributed by atoms with Crippen LogP contribution < -0.4 is 10.1 Å². The molecule has 0 aliphatic heterocycles. The van der Waals surface area contributed by atoms with Gasteiger partial charge in [0.1, 0.15) is 18.4 Å². The Morgan fingerprint density at radius 3 is 2.75 bits per heavy atom. The van der Waals surface area contributed by atoms with E-state index < -0.39 is 12.0 Å². The molecule has 0 saturated carbocycles. The topological polar surface area (TPSA) is 58.6 Å². The first kappa shape index (κ1) is 12.5. The minimum atomic E-state index is -0.906. The van der Waals surface area contributed by atoms with E-state index in [0.29, 0.717) is 0 Å². The maximum atomic E-state index is 10.8. The molecule has 1 rings (SSSR count). The van der Waals surface area contributed by atoms with Gasteiger partial charge in [-0.3, -0.25) is 4.79 Å². The first-order chi connectivity index (χ1) is 7.69. The molecule has 2 N–H and O–H groups in total. The van der Waals surface area contributed by atoms with Crippen molar-refractivity contribution in [3.05, 3.63) is 29.8 Å². The molecule has 0 aromatic heterocycles. The number of hydrogen-bond acceptors (Lipinski definition) is 3. The highest BCUT2D eigenvalue weighted by atomic mass is 16.5. The minimum Gasteiger partial charge on any atom is -0.491 e. The minimum absolute atomic E-state index is 0.128. The molecule has 0 heterocycles. The van der Waals surface area contributed by atoms with Crippen LogP contribution in [0.5, 0.6) is 5.75 Å². The summed E-state index contributed by atoms with van der Waals surface area (Å²) in [4.78, 5) is 10.8. The third-order valence-corrected chi connectivity index (χ3v) is 2.41. The Bertz CT molecular complexity index is 352. The smallest absolute Gasteiger partial charge is 0.324 e. The van der Waals surface area contributed by atoms with Crippen molar-refractivity contribution in [2.45, 2.75) is 19.4 Å². The van der Waals surface area contributed by atoms with Crippen LogP contribution in [0.3, 0.4) is 0 Å². The molecule has 0 bridgehead atoms. The van der Waals surface area contributed by atoms with E-state index in [2.05, 4.69) is 5.32 Å². The van der Waals surface area contributed by atoms with Crippen LogP contribution in [-0.2, 0) is 11.2 Å². The Labute approximate surface area is 95.2 Å². The first-order valence-electron chi connectivity index (χ1n) is 5.29. The zero-order chi connectivity index (χ0) is 12.0. The number of carbonyl (C=O) groups is 1. The number of ether oxygens (including phenoxy) is 1. The van der Waals surface area contributed by atoms with E-state index in [0.717, 1.165) is 17.7 Å². The van der Waals surface area contributed by atoms with Crippen molar-refractivity contribution in [3.63, 3.8) is 0 Å². The summed E-state index contributed by atoms with van der Waals surface area (Å²) < 4.78 is 5.50. The molecular weight excluding hydrogens is 206 g/mol. The zero-order valence-electron chi connectivity index (χ0n) is 9.56. The summed E-state index contributed by atoms with van der Waals surface area (Å²) in [5, 5.41) is 11.5. The number of nitrogens with one attached hydrogen (secondary N) is 1. The van der Waals surface area contributed by atoms with E-state index in [1.165, 1.54) is 0 Å². The maximum Gasteiger partial charge on any atom is 0.324 e. The fourth-order valence-electron chi connectivity index (χ4n) is 1.39. The largest absolute Gasteiger partial charge is 0.491 e. The Hall–Kier alpha value is -1.55. The van der Waals surface area contributed by atoms with Crippen molar-refractivity contribution >= 4 is 5.97 Å². The van der Waals surface area contributed by atoms with E-state index >= 15 is 0 Å². The second-order valence-electron chi connectivity index (χ2n) is 3.45. The molecule has 4 nitrogen and oxygen atoms in total. The van der Waals surface area contributed by atoms with E-state index in [9.17, 15) is 4.79 Å².